The molecule has 1 amide bonds. The molecule has 1 atom stereocenters. The zero-order valence-electron chi connectivity index (χ0n) is 13.6. The molecule has 2 rings (SSSR count). The summed E-state index contributed by atoms with van der Waals surface area (Å²) in [6.07, 6.45) is 1.94. The van der Waals surface area contributed by atoms with Crippen molar-refractivity contribution in [3.05, 3.63) is 24.3 Å². The average molecular weight is 337 g/mol. The van der Waals surface area contributed by atoms with Crippen LogP contribution in [0.3, 0.4) is 0 Å². The van der Waals surface area contributed by atoms with Gasteiger partial charge in [0.1, 0.15) is 5.75 Å². The van der Waals surface area contributed by atoms with Gasteiger partial charge in [-0.1, -0.05) is 13.0 Å². The highest BCUT2D eigenvalue weighted by atomic mass is 32.2. The van der Waals surface area contributed by atoms with Crippen LogP contribution in [-0.4, -0.2) is 47.8 Å². The number of thioether (sulfide) groups is 1. The van der Waals surface area contributed by atoms with Gasteiger partial charge in [0.05, 0.1) is 18.3 Å². The number of carbonyl (C=O) groups excluding carboxylic acids is 1. The molecule has 1 aromatic carbocycles. The molecule has 1 N–H and O–H groups in total. The standard InChI is InChI=1S/C17H23NO4S/c1-3-17(16(20)21)8-5-9-18(12-17)15(19)11-23-14-7-4-6-13(10-14)22-2/h4,6-7,10H,3,5,8-9,11-12H2,1-2H3,(H,20,21)/t17-/m0/s1. The predicted octanol–water partition coefficient (Wildman–Crippen LogP) is 2.89. The lowest BCUT2D eigenvalue weighted by Crippen LogP contribution is -2.50. The Bertz CT molecular complexity index is 577. The van der Waals surface area contributed by atoms with Crippen LogP contribution in [0.5, 0.6) is 5.75 Å². The molecule has 1 heterocycles. The number of hydrogen-bond donors (Lipinski definition) is 1. The van der Waals surface area contributed by atoms with Crippen molar-refractivity contribution in [1.29, 1.82) is 0 Å². The van der Waals surface area contributed by atoms with Crippen LogP contribution in [0.25, 0.3) is 0 Å². The number of rotatable bonds is 6. The fourth-order valence-electron chi connectivity index (χ4n) is 2.89. The summed E-state index contributed by atoms with van der Waals surface area (Å²) >= 11 is 1.45. The molecule has 1 fully saturated rings. The predicted molar refractivity (Wildman–Crippen MR) is 89.9 cm³/mol. The second kappa shape index (κ2) is 7.73. The van der Waals surface area contributed by atoms with Crippen molar-refractivity contribution in [2.75, 3.05) is 26.0 Å². The molecule has 0 spiro atoms. The van der Waals surface area contributed by atoms with E-state index < -0.39 is 11.4 Å². The first kappa shape index (κ1) is 17.7. The van der Waals surface area contributed by atoms with E-state index in [-0.39, 0.29) is 5.91 Å². The van der Waals surface area contributed by atoms with E-state index in [1.165, 1.54) is 11.8 Å². The van der Waals surface area contributed by atoms with E-state index in [2.05, 4.69) is 0 Å². The number of piperidine rings is 1. The Hall–Kier alpha value is -1.69. The molecule has 0 saturated carbocycles. The fourth-order valence-corrected chi connectivity index (χ4v) is 3.73. The summed E-state index contributed by atoms with van der Waals surface area (Å²) < 4.78 is 5.17. The molecule has 0 unspecified atom stereocenters. The van der Waals surface area contributed by atoms with Crippen molar-refractivity contribution in [2.45, 2.75) is 31.1 Å². The minimum absolute atomic E-state index is 0.00315. The molecular weight excluding hydrogens is 314 g/mol. The van der Waals surface area contributed by atoms with Crippen molar-refractivity contribution in [2.24, 2.45) is 5.41 Å². The van der Waals surface area contributed by atoms with Crippen LogP contribution in [0.4, 0.5) is 0 Å². The third-order valence-electron chi connectivity index (χ3n) is 4.46. The van der Waals surface area contributed by atoms with Gasteiger partial charge < -0.3 is 14.7 Å². The van der Waals surface area contributed by atoms with Crippen LogP contribution in [0.15, 0.2) is 29.2 Å². The van der Waals surface area contributed by atoms with E-state index in [0.29, 0.717) is 31.7 Å². The van der Waals surface area contributed by atoms with Crippen LogP contribution in [0.2, 0.25) is 0 Å². The van der Waals surface area contributed by atoms with E-state index in [1.807, 2.05) is 31.2 Å². The molecule has 0 radical (unpaired) electrons. The highest BCUT2D eigenvalue weighted by Gasteiger charge is 2.41. The van der Waals surface area contributed by atoms with Gasteiger partial charge in [-0.25, -0.2) is 0 Å². The number of carboxylic acids is 1. The first-order valence-electron chi connectivity index (χ1n) is 7.79. The molecule has 1 aliphatic heterocycles. The molecular formula is C17H23NO4S. The van der Waals surface area contributed by atoms with Gasteiger partial charge in [-0.2, -0.15) is 0 Å². The number of methoxy groups -OCH3 is 1. The number of benzene rings is 1. The van der Waals surface area contributed by atoms with Gasteiger partial charge in [0.2, 0.25) is 5.91 Å². The summed E-state index contributed by atoms with van der Waals surface area (Å²) in [5.41, 5.74) is -0.783. The first-order valence-corrected chi connectivity index (χ1v) is 8.77. The topological polar surface area (TPSA) is 66.8 Å². The Labute approximate surface area is 141 Å². The zero-order valence-corrected chi connectivity index (χ0v) is 14.4. The van der Waals surface area contributed by atoms with Gasteiger partial charge in [-0.15, -0.1) is 11.8 Å². The van der Waals surface area contributed by atoms with Gasteiger partial charge in [0.15, 0.2) is 0 Å². The highest BCUT2D eigenvalue weighted by Crippen LogP contribution is 2.34. The molecule has 1 aromatic rings. The summed E-state index contributed by atoms with van der Waals surface area (Å²) in [7, 11) is 1.61. The maximum Gasteiger partial charge on any atom is 0.311 e. The van der Waals surface area contributed by atoms with E-state index in [1.54, 1.807) is 12.0 Å². The number of nitrogens with zero attached hydrogens (tertiary/aromatic N) is 1. The minimum Gasteiger partial charge on any atom is -0.497 e. The second-order valence-corrected chi connectivity index (χ2v) is 6.87. The van der Waals surface area contributed by atoms with Crippen LogP contribution in [0, 0.1) is 5.41 Å². The number of hydrogen-bond acceptors (Lipinski definition) is 4. The van der Waals surface area contributed by atoms with Crippen LogP contribution in [0.1, 0.15) is 26.2 Å². The van der Waals surface area contributed by atoms with Gasteiger partial charge in [-0.3, -0.25) is 9.59 Å². The lowest BCUT2D eigenvalue weighted by molar-refractivity contribution is -0.154. The summed E-state index contributed by atoms with van der Waals surface area (Å²) in [6.45, 7) is 2.84. The largest absolute Gasteiger partial charge is 0.497 e. The normalized spacial score (nSPS) is 21.0. The zero-order chi connectivity index (χ0) is 16.9. The Morgan fingerprint density at radius 2 is 2.22 bits per heavy atom. The van der Waals surface area contributed by atoms with Crippen molar-refractivity contribution in [1.82, 2.24) is 4.90 Å². The molecule has 1 aliphatic rings. The van der Waals surface area contributed by atoms with Crippen LogP contribution >= 0.6 is 11.8 Å². The quantitative estimate of drug-likeness (QED) is 0.809. The number of ether oxygens (including phenoxy) is 1. The molecule has 1 saturated heterocycles. The van der Waals surface area contributed by atoms with Crippen LogP contribution < -0.4 is 4.74 Å². The smallest absolute Gasteiger partial charge is 0.311 e. The first-order chi connectivity index (χ1) is 11.0. The number of amides is 1. The molecule has 0 aromatic heterocycles. The average Bonchev–Trinajstić information content (AvgIpc) is 2.59. The monoisotopic (exact) mass is 337 g/mol. The minimum atomic E-state index is -0.794. The Morgan fingerprint density at radius 3 is 2.87 bits per heavy atom. The van der Waals surface area contributed by atoms with Crippen LogP contribution in [-0.2, 0) is 9.59 Å². The molecule has 0 bridgehead atoms. The number of carbonyl (C=O) groups is 2. The Kier molecular flexibility index (Phi) is 5.93. The summed E-state index contributed by atoms with van der Waals surface area (Å²) in [4.78, 5) is 26.7. The molecule has 126 valence electrons. The molecule has 6 heteroatoms. The van der Waals surface area contributed by atoms with Crippen molar-refractivity contribution < 1.29 is 19.4 Å². The third kappa shape index (κ3) is 4.19. The lowest BCUT2D eigenvalue weighted by atomic mass is 9.77. The van der Waals surface area contributed by atoms with E-state index in [0.717, 1.165) is 17.1 Å². The van der Waals surface area contributed by atoms with Gasteiger partial charge in [0.25, 0.3) is 0 Å². The summed E-state index contributed by atoms with van der Waals surface area (Å²) in [5.74, 6) is 0.276. The molecule has 23 heavy (non-hydrogen) atoms. The van der Waals surface area contributed by atoms with E-state index in [9.17, 15) is 14.7 Å². The number of likely N-dealkylation sites (tertiary alicyclic amines) is 1. The lowest BCUT2D eigenvalue weighted by Gasteiger charge is -2.39. The highest BCUT2D eigenvalue weighted by molar-refractivity contribution is 8.00. The summed E-state index contributed by atoms with van der Waals surface area (Å²) in [5, 5.41) is 9.50. The molecule has 5 nitrogen and oxygen atoms in total. The maximum atomic E-state index is 12.4. The van der Waals surface area contributed by atoms with E-state index in [4.69, 9.17) is 4.74 Å². The number of aliphatic carboxylic acids is 1. The fraction of sp³-hybridized carbons (Fsp3) is 0.529. The van der Waals surface area contributed by atoms with Crippen molar-refractivity contribution in [3.63, 3.8) is 0 Å². The Morgan fingerprint density at radius 1 is 1.43 bits per heavy atom. The van der Waals surface area contributed by atoms with Gasteiger partial charge in [0, 0.05) is 18.0 Å². The number of carboxylic acid groups (broad SMARTS) is 1. The second-order valence-electron chi connectivity index (χ2n) is 5.83. The Balaban J connectivity index is 1.96. The van der Waals surface area contributed by atoms with Crippen molar-refractivity contribution >= 4 is 23.6 Å². The third-order valence-corrected chi connectivity index (χ3v) is 5.44. The maximum absolute atomic E-state index is 12.4. The SMILES string of the molecule is CC[C@]1(C(=O)O)CCCN(C(=O)CSc2cccc(OC)c2)C1. The van der Waals surface area contributed by atoms with Gasteiger partial charge >= 0.3 is 5.97 Å². The molecule has 0 aliphatic carbocycles. The summed E-state index contributed by atoms with van der Waals surface area (Å²) in [6, 6.07) is 7.57. The van der Waals surface area contributed by atoms with Gasteiger partial charge in [-0.05, 0) is 37.5 Å². The van der Waals surface area contributed by atoms with Crippen molar-refractivity contribution in [3.8, 4) is 5.75 Å². The van der Waals surface area contributed by atoms with E-state index >= 15 is 0 Å².